The SMILES string of the molecule is CC1C(F)CC2N=C(c3ccco3)OC21. The lowest BCUT2D eigenvalue weighted by Crippen LogP contribution is -2.23. The van der Waals surface area contributed by atoms with E-state index in [0.29, 0.717) is 18.1 Å². The number of nitrogens with zero attached hydrogens (tertiary/aromatic N) is 1. The average molecular weight is 209 g/mol. The third-order valence-electron chi connectivity index (χ3n) is 3.20. The van der Waals surface area contributed by atoms with Crippen molar-refractivity contribution in [3.63, 3.8) is 0 Å². The van der Waals surface area contributed by atoms with Crippen LogP contribution in [0.2, 0.25) is 0 Å². The number of ether oxygens (including phenoxy) is 1. The van der Waals surface area contributed by atoms with Crippen molar-refractivity contribution in [3.05, 3.63) is 24.2 Å². The van der Waals surface area contributed by atoms with Crippen molar-refractivity contribution in [2.45, 2.75) is 31.7 Å². The summed E-state index contributed by atoms with van der Waals surface area (Å²) in [6.07, 6.45) is 1.15. The summed E-state index contributed by atoms with van der Waals surface area (Å²) in [6.45, 7) is 1.87. The molecule has 1 fully saturated rings. The van der Waals surface area contributed by atoms with Crippen LogP contribution in [-0.4, -0.2) is 24.2 Å². The Labute approximate surface area is 86.9 Å². The molecule has 3 rings (SSSR count). The normalized spacial score (nSPS) is 38.7. The van der Waals surface area contributed by atoms with Gasteiger partial charge in [0.2, 0.25) is 0 Å². The Kier molecular flexibility index (Phi) is 1.84. The fourth-order valence-electron chi connectivity index (χ4n) is 2.28. The minimum atomic E-state index is -0.790. The Morgan fingerprint density at radius 1 is 1.53 bits per heavy atom. The lowest BCUT2D eigenvalue weighted by atomic mass is 10.1. The van der Waals surface area contributed by atoms with Gasteiger partial charge in [0, 0.05) is 12.3 Å². The van der Waals surface area contributed by atoms with Crippen molar-refractivity contribution in [2.75, 3.05) is 0 Å². The number of hydrogen-bond acceptors (Lipinski definition) is 3. The first-order valence-electron chi connectivity index (χ1n) is 5.18. The van der Waals surface area contributed by atoms with Crippen LogP contribution in [0, 0.1) is 5.92 Å². The number of fused-ring (bicyclic) bond motifs is 1. The van der Waals surface area contributed by atoms with Crippen LogP contribution in [0.4, 0.5) is 4.39 Å². The van der Waals surface area contributed by atoms with Gasteiger partial charge in [-0.05, 0) is 12.1 Å². The predicted molar refractivity (Wildman–Crippen MR) is 52.6 cm³/mol. The zero-order chi connectivity index (χ0) is 10.4. The third kappa shape index (κ3) is 1.28. The second kappa shape index (κ2) is 3.08. The first-order valence-corrected chi connectivity index (χ1v) is 5.18. The van der Waals surface area contributed by atoms with Gasteiger partial charge < -0.3 is 9.15 Å². The zero-order valence-corrected chi connectivity index (χ0v) is 8.39. The van der Waals surface area contributed by atoms with Gasteiger partial charge in [-0.1, -0.05) is 6.92 Å². The van der Waals surface area contributed by atoms with Crippen LogP contribution in [0.1, 0.15) is 19.1 Å². The van der Waals surface area contributed by atoms with Crippen molar-refractivity contribution >= 4 is 5.90 Å². The molecular formula is C11H12FNO2. The predicted octanol–water partition coefficient (Wildman–Crippen LogP) is 2.17. The van der Waals surface area contributed by atoms with Crippen LogP contribution < -0.4 is 0 Å². The molecule has 0 spiro atoms. The fourth-order valence-corrected chi connectivity index (χ4v) is 2.28. The van der Waals surface area contributed by atoms with Gasteiger partial charge in [0.05, 0.1) is 12.3 Å². The lowest BCUT2D eigenvalue weighted by molar-refractivity contribution is 0.135. The van der Waals surface area contributed by atoms with Crippen molar-refractivity contribution < 1.29 is 13.5 Å². The summed E-state index contributed by atoms with van der Waals surface area (Å²) < 4.78 is 24.2. The van der Waals surface area contributed by atoms with Gasteiger partial charge in [0.15, 0.2) is 5.76 Å². The molecule has 1 aliphatic heterocycles. The highest BCUT2D eigenvalue weighted by atomic mass is 19.1. The summed E-state index contributed by atoms with van der Waals surface area (Å²) in [7, 11) is 0. The molecule has 0 aromatic carbocycles. The van der Waals surface area contributed by atoms with Crippen molar-refractivity contribution in [2.24, 2.45) is 10.9 Å². The van der Waals surface area contributed by atoms with E-state index in [1.807, 2.05) is 6.92 Å². The zero-order valence-electron chi connectivity index (χ0n) is 8.39. The van der Waals surface area contributed by atoms with E-state index in [1.54, 1.807) is 18.4 Å². The fraction of sp³-hybridized carbons (Fsp3) is 0.545. The van der Waals surface area contributed by atoms with Gasteiger partial charge in [-0.25, -0.2) is 9.38 Å². The Balaban J connectivity index is 1.85. The summed E-state index contributed by atoms with van der Waals surface area (Å²) in [5, 5.41) is 0. The van der Waals surface area contributed by atoms with Crippen LogP contribution in [0.15, 0.2) is 27.8 Å². The molecule has 1 saturated carbocycles. The standard InChI is InChI=1S/C11H12FNO2/c1-6-7(12)5-8-10(6)15-11(13-8)9-3-2-4-14-9/h2-4,6-8,10H,5H2,1H3. The first kappa shape index (κ1) is 8.95. The Morgan fingerprint density at radius 2 is 2.40 bits per heavy atom. The number of alkyl halides is 1. The van der Waals surface area contributed by atoms with E-state index in [1.165, 1.54) is 0 Å². The molecule has 1 aliphatic carbocycles. The highest BCUT2D eigenvalue weighted by Crippen LogP contribution is 2.37. The topological polar surface area (TPSA) is 34.7 Å². The highest BCUT2D eigenvalue weighted by Gasteiger charge is 2.47. The molecule has 0 saturated heterocycles. The molecular weight excluding hydrogens is 197 g/mol. The van der Waals surface area contributed by atoms with Crippen LogP contribution in [0.25, 0.3) is 0 Å². The third-order valence-corrected chi connectivity index (χ3v) is 3.20. The molecule has 4 unspecified atom stereocenters. The maximum atomic E-state index is 13.3. The number of rotatable bonds is 1. The van der Waals surface area contributed by atoms with E-state index >= 15 is 0 Å². The Hall–Kier alpha value is -1.32. The summed E-state index contributed by atoms with van der Waals surface area (Å²) in [5.41, 5.74) is 0. The maximum Gasteiger partial charge on any atom is 0.253 e. The summed E-state index contributed by atoms with van der Waals surface area (Å²) in [4.78, 5) is 4.35. The molecule has 0 amide bonds. The number of hydrogen-bond donors (Lipinski definition) is 0. The van der Waals surface area contributed by atoms with Crippen molar-refractivity contribution in [1.29, 1.82) is 0 Å². The molecule has 4 heteroatoms. The van der Waals surface area contributed by atoms with Crippen LogP contribution in [0.3, 0.4) is 0 Å². The summed E-state index contributed by atoms with van der Waals surface area (Å²) in [5.74, 6) is 1.08. The number of halogens is 1. The largest absolute Gasteiger partial charge is 0.469 e. The van der Waals surface area contributed by atoms with Crippen LogP contribution in [0.5, 0.6) is 0 Å². The highest BCUT2D eigenvalue weighted by molar-refractivity contribution is 5.92. The molecule has 3 nitrogen and oxygen atoms in total. The van der Waals surface area contributed by atoms with E-state index in [4.69, 9.17) is 9.15 Å². The second-order valence-corrected chi connectivity index (χ2v) is 4.17. The van der Waals surface area contributed by atoms with Gasteiger partial charge in [0.25, 0.3) is 5.90 Å². The lowest BCUT2D eigenvalue weighted by Gasteiger charge is -2.14. The molecule has 2 aliphatic rings. The molecule has 4 atom stereocenters. The summed E-state index contributed by atoms with van der Waals surface area (Å²) >= 11 is 0. The Morgan fingerprint density at radius 3 is 3.07 bits per heavy atom. The average Bonchev–Trinajstić information content (AvgIpc) is 2.86. The molecule has 2 heterocycles. The van der Waals surface area contributed by atoms with E-state index in [2.05, 4.69) is 4.99 Å². The van der Waals surface area contributed by atoms with Gasteiger partial charge >= 0.3 is 0 Å². The molecule has 1 aromatic heterocycles. The molecule has 1 aromatic rings. The van der Waals surface area contributed by atoms with Crippen LogP contribution in [-0.2, 0) is 4.74 Å². The number of furan rings is 1. The quantitative estimate of drug-likeness (QED) is 0.710. The second-order valence-electron chi connectivity index (χ2n) is 4.17. The first-order chi connectivity index (χ1) is 7.25. The van der Waals surface area contributed by atoms with E-state index in [-0.39, 0.29) is 18.1 Å². The number of aliphatic imine (C=N–C) groups is 1. The van der Waals surface area contributed by atoms with E-state index < -0.39 is 6.17 Å². The monoisotopic (exact) mass is 209 g/mol. The molecule has 0 N–H and O–H groups in total. The smallest absolute Gasteiger partial charge is 0.253 e. The van der Waals surface area contributed by atoms with E-state index in [9.17, 15) is 4.39 Å². The minimum absolute atomic E-state index is 0.0323. The molecule has 15 heavy (non-hydrogen) atoms. The maximum absolute atomic E-state index is 13.3. The van der Waals surface area contributed by atoms with E-state index in [0.717, 1.165) is 0 Å². The van der Waals surface area contributed by atoms with Gasteiger partial charge in [-0.2, -0.15) is 0 Å². The minimum Gasteiger partial charge on any atom is -0.469 e. The molecule has 0 radical (unpaired) electrons. The van der Waals surface area contributed by atoms with Gasteiger partial charge in [0.1, 0.15) is 12.3 Å². The molecule has 80 valence electrons. The van der Waals surface area contributed by atoms with Crippen molar-refractivity contribution in [3.8, 4) is 0 Å². The van der Waals surface area contributed by atoms with Gasteiger partial charge in [-0.15, -0.1) is 0 Å². The molecule has 0 bridgehead atoms. The Bertz CT molecular complexity index is 387. The van der Waals surface area contributed by atoms with Gasteiger partial charge in [-0.3, -0.25) is 0 Å². The van der Waals surface area contributed by atoms with Crippen LogP contribution >= 0.6 is 0 Å². The van der Waals surface area contributed by atoms with Crippen molar-refractivity contribution in [1.82, 2.24) is 0 Å². The summed E-state index contributed by atoms with van der Waals surface area (Å²) in [6, 6.07) is 3.56.